The molecule has 1 aromatic rings. The normalized spacial score (nSPS) is 18.9. The number of nitrogens with one attached hydrogen (secondary N) is 1. The van der Waals surface area contributed by atoms with Gasteiger partial charge in [-0.05, 0) is 24.3 Å². The van der Waals surface area contributed by atoms with Gasteiger partial charge in [-0.1, -0.05) is 0 Å². The second kappa shape index (κ2) is 6.87. The zero-order chi connectivity index (χ0) is 16.2. The highest BCUT2D eigenvalue weighted by Gasteiger charge is 2.32. The number of imide groups is 1. The van der Waals surface area contributed by atoms with Gasteiger partial charge < -0.3 is 19.3 Å². The number of piperazine rings is 1. The summed E-state index contributed by atoms with van der Waals surface area (Å²) in [6.07, 6.45) is -0.508. The van der Waals surface area contributed by atoms with Crippen LogP contribution in [0.25, 0.3) is 0 Å². The molecule has 1 aromatic carbocycles. The van der Waals surface area contributed by atoms with Gasteiger partial charge in [0.2, 0.25) is 0 Å². The lowest BCUT2D eigenvalue weighted by atomic mass is 10.2. The number of methoxy groups -OCH3 is 1. The average Bonchev–Trinajstić information content (AvgIpc) is 3.02. The summed E-state index contributed by atoms with van der Waals surface area (Å²) in [6, 6.07) is 8.01. The molecule has 0 atom stereocenters. The number of ether oxygens (including phenoxy) is 2. The Balaban J connectivity index is 1.49. The van der Waals surface area contributed by atoms with Crippen molar-refractivity contribution in [3.8, 4) is 5.75 Å². The SMILES string of the molecule is COc1ccc(N2CC[NH+](CC(=O)N3CCOC3=O)CC2)cc1. The number of rotatable bonds is 4. The second-order valence-electron chi connectivity index (χ2n) is 5.77. The number of hydrogen-bond donors (Lipinski definition) is 1. The summed E-state index contributed by atoms with van der Waals surface area (Å²) >= 11 is 0. The first-order valence-electron chi connectivity index (χ1n) is 7.87. The van der Waals surface area contributed by atoms with Crippen LogP contribution in [-0.4, -0.2) is 69.9 Å². The lowest BCUT2D eigenvalue weighted by Gasteiger charge is -2.33. The molecule has 7 nitrogen and oxygen atoms in total. The van der Waals surface area contributed by atoms with Gasteiger partial charge in [0.1, 0.15) is 12.4 Å². The van der Waals surface area contributed by atoms with E-state index >= 15 is 0 Å². The van der Waals surface area contributed by atoms with E-state index in [9.17, 15) is 9.59 Å². The van der Waals surface area contributed by atoms with Gasteiger partial charge in [-0.15, -0.1) is 0 Å². The fraction of sp³-hybridized carbons (Fsp3) is 0.500. The molecule has 1 N–H and O–H groups in total. The van der Waals surface area contributed by atoms with Crippen molar-refractivity contribution < 1.29 is 24.0 Å². The number of quaternary nitrogens is 1. The molecule has 2 amide bonds. The van der Waals surface area contributed by atoms with Crippen LogP contribution in [0.3, 0.4) is 0 Å². The zero-order valence-corrected chi connectivity index (χ0v) is 13.3. The van der Waals surface area contributed by atoms with Crippen LogP contribution in [0.5, 0.6) is 5.75 Å². The highest BCUT2D eigenvalue weighted by atomic mass is 16.6. The maximum Gasteiger partial charge on any atom is 0.416 e. The molecule has 0 radical (unpaired) electrons. The third kappa shape index (κ3) is 3.56. The number of hydrogen-bond acceptors (Lipinski definition) is 5. The van der Waals surface area contributed by atoms with Crippen molar-refractivity contribution in [2.75, 3.05) is 57.9 Å². The fourth-order valence-corrected chi connectivity index (χ4v) is 2.98. The maximum atomic E-state index is 12.1. The van der Waals surface area contributed by atoms with Gasteiger partial charge in [0.05, 0.1) is 39.8 Å². The van der Waals surface area contributed by atoms with Gasteiger partial charge >= 0.3 is 6.09 Å². The van der Waals surface area contributed by atoms with Crippen LogP contribution in [0.1, 0.15) is 0 Å². The Hall–Kier alpha value is -2.28. The minimum Gasteiger partial charge on any atom is -0.497 e. The van der Waals surface area contributed by atoms with Crippen molar-refractivity contribution in [1.82, 2.24) is 4.90 Å². The molecule has 0 unspecified atom stereocenters. The van der Waals surface area contributed by atoms with Crippen LogP contribution in [0.4, 0.5) is 10.5 Å². The van der Waals surface area contributed by atoms with Crippen LogP contribution in [0.15, 0.2) is 24.3 Å². The molecule has 7 heteroatoms. The van der Waals surface area contributed by atoms with Gasteiger partial charge in [-0.2, -0.15) is 0 Å². The van der Waals surface area contributed by atoms with E-state index in [-0.39, 0.29) is 5.91 Å². The fourth-order valence-electron chi connectivity index (χ4n) is 2.98. The van der Waals surface area contributed by atoms with Gasteiger partial charge in [0, 0.05) is 5.69 Å². The van der Waals surface area contributed by atoms with Crippen LogP contribution in [-0.2, 0) is 9.53 Å². The number of benzene rings is 1. The van der Waals surface area contributed by atoms with E-state index in [0.29, 0.717) is 19.7 Å². The lowest BCUT2D eigenvalue weighted by molar-refractivity contribution is -0.892. The largest absolute Gasteiger partial charge is 0.497 e. The van der Waals surface area contributed by atoms with Crippen molar-refractivity contribution in [3.63, 3.8) is 0 Å². The molecule has 0 aliphatic carbocycles. The first kappa shape index (κ1) is 15.6. The summed E-state index contributed by atoms with van der Waals surface area (Å²) in [7, 11) is 1.66. The highest BCUT2D eigenvalue weighted by molar-refractivity contribution is 5.93. The topological polar surface area (TPSA) is 63.5 Å². The van der Waals surface area contributed by atoms with Gasteiger partial charge in [0.25, 0.3) is 5.91 Å². The van der Waals surface area contributed by atoms with E-state index in [4.69, 9.17) is 9.47 Å². The van der Waals surface area contributed by atoms with E-state index in [1.165, 1.54) is 15.5 Å². The molecular weight excluding hydrogens is 298 g/mol. The molecule has 2 aliphatic heterocycles. The molecule has 0 bridgehead atoms. The van der Waals surface area contributed by atoms with Crippen LogP contribution in [0, 0.1) is 0 Å². The van der Waals surface area contributed by atoms with Gasteiger partial charge in [-0.25, -0.2) is 9.69 Å². The Kier molecular flexibility index (Phi) is 4.66. The van der Waals surface area contributed by atoms with Crippen molar-refractivity contribution in [3.05, 3.63) is 24.3 Å². The smallest absolute Gasteiger partial charge is 0.416 e. The molecule has 2 fully saturated rings. The van der Waals surface area contributed by atoms with Crippen LogP contribution >= 0.6 is 0 Å². The summed E-state index contributed by atoms with van der Waals surface area (Å²) < 4.78 is 9.98. The third-order valence-electron chi connectivity index (χ3n) is 4.37. The molecular formula is C16H22N3O4+. The Morgan fingerprint density at radius 3 is 2.48 bits per heavy atom. The monoisotopic (exact) mass is 320 g/mol. The first-order chi connectivity index (χ1) is 11.2. The van der Waals surface area contributed by atoms with E-state index in [1.807, 2.05) is 12.1 Å². The standard InChI is InChI=1S/C16H21N3O4/c1-22-14-4-2-13(3-5-14)18-8-6-17(7-9-18)12-15(20)19-10-11-23-16(19)21/h2-5H,6-12H2,1H3/p+1. The Morgan fingerprint density at radius 1 is 1.22 bits per heavy atom. The molecule has 0 saturated carbocycles. The Bertz CT molecular complexity index is 567. The molecule has 0 spiro atoms. The highest BCUT2D eigenvalue weighted by Crippen LogP contribution is 2.18. The van der Waals surface area contributed by atoms with Crippen molar-refractivity contribution in [1.29, 1.82) is 0 Å². The summed E-state index contributed by atoms with van der Waals surface area (Å²) in [5, 5.41) is 0. The van der Waals surface area contributed by atoms with E-state index < -0.39 is 6.09 Å². The van der Waals surface area contributed by atoms with Gasteiger partial charge in [-0.3, -0.25) is 4.79 Å². The number of anilines is 1. The Labute approximate surface area is 135 Å². The second-order valence-corrected chi connectivity index (χ2v) is 5.77. The van der Waals surface area contributed by atoms with Crippen molar-refractivity contribution >= 4 is 17.7 Å². The van der Waals surface area contributed by atoms with Crippen LogP contribution < -0.4 is 14.5 Å². The first-order valence-corrected chi connectivity index (χ1v) is 7.87. The molecule has 2 aliphatic rings. The van der Waals surface area contributed by atoms with Crippen molar-refractivity contribution in [2.45, 2.75) is 0 Å². The minimum absolute atomic E-state index is 0.139. The number of carbonyl (C=O) groups is 2. The summed E-state index contributed by atoms with van der Waals surface area (Å²) in [5.74, 6) is 0.710. The predicted octanol–water partition coefficient (Wildman–Crippen LogP) is -0.621. The molecule has 23 heavy (non-hydrogen) atoms. The third-order valence-corrected chi connectivity index (χ3v) is 4.37. The average molecular weight is 320 g/mol. The van der Waals surface area contributed by atoms with E-state index in [1.54, 1.807) is 7.11 Å². The predicted molar refractivity (Wildman–Crippen MR) is 83.8 cm³/mol. The maximum absolute atomic E-state index is 12.1. The summed E-state index contributed by atoms with van der Waals surface area (Å²) in [6.45, 7) is 4.57. The zero-order valence-electron chi connectivity index (χ0n) is 13.3. The molecule has 0 aromatic heterocycles. The van der Waals surface area contributed by atoms with Crippen molar-refractivity contribution in [2.24, 2.45) is 0 Å². The molecule has 2 heterocycles. The Morgan fingerprint density at radius 2 is 1.91 bits per heavy atom. The number of cyclic esters (lactones) is 1. The number of carbonyl (C=O) groups excluding carboxylic acids is 2. The molecule has 3 rings (SSSR count). The minimum atomic E-state index is -0.508. The molecule has 2 saturated heterocycles. The van der Waals surface area contributed by atoms with Crippen LogP contribution in [0.2, 0.25) is 0 Å². The molecule has 124 valence electrons. The summed E-state index contributed by atoms with van der Waals surface area (Å²) in [5.41, 5.74) is 1.17. The van der Waals surface area contributed by atoms with E-state index in [2.05, 4.69) is 17.0 Å². The lowest BCUT2D eigenvalue weighted by Crippen LogP contribution is -3.15. The number of nitrogens with zero attached hydrogens (tertiary/aromatic N) is 2. The van der Waals surface area contributed by atoms with E-state index in [0.717, 1.165) is 31.9 Å². The van der Waals surface area contributed by atoms with Gasteiger partial charge in [0.15, 0.2) is 6.54 Å². The quantitative estimate of drug-likeness (QED) is 0.801. The summed E-state index contributed by atoms with van der Waals surface area (Å²) in [4.78, 5) is 28.2. The number of amides is 2.